The molecule has 1 heterocycles. The Hall–Kier alpha value is -1.51. The molecule has 0 radical (unpaired) electrons. The second kappa shape index (κ2) is 6.72. The average molecular weight is 315 g/mol. The molecule has 0 saturated carbocycles. The van der Waals surface area contributed by atoms with Crippen LogP contribution in [0.3, 0.4) is 0 Å². The highest BCUT2D eigenvalue weighted by atomic mass is 35.5. The minimum Gasteiger partial charge on any atom is -0.337 e. The summed E-state index contributed by atoms with van der Waals surface area (Å²) in [7, 11) is 0. The SMILES string of the molecule is Cc1ccc(N(c2ccccc2Cl)C2CCNCC2)c(C)c1. The normalized spacial score (nSPS) is 15.8. The number of anilines is 2. The van der Waals surface area contributed by atoms with Crippen LogP contribution in [0.1, 0.15) is 24.0 Å². The number of halogens is 1. The Balaban J connectivity index is 2.08. The molecule has 1 fully saturated rings. The van der Waals surface area contributed by atoms with E-state index >= 15 is 0 Å². The number of hydrogen-bond acceptors (Lipinski definition) is 2. The van der Waals surface area contributed by atoms with Crippen molar-refractivity contribution in [2.75, 3.05) is 18.0 Å². The van der Waals surface area contributed by atoms with Gasteiger partial charge in [0.2, 0.25) is 0 Å². The number of para-hydroxylation sites is 1. The molecular formula is C19H23ClN2. The van der Waals surface area contributed by atoms with Crippen molar-refractivity contribution in [3.8, 4) is 0 Å². The highest BCUT2D eigenvalue weighted by Crippen LogP contribution is 2.37. The molecule has 1 saturated heterocycles. The third-order valence-electron chi connectivity index (χ3n) is 4.40. The zero-order chi connectivity index (χ0) is 15.5. The number of piperidine rings is 1. The lowest BCUT2D eigenvalue weighted by atomic mass is 10.0. The molecule has 2 aromatic carbocycles. The fourth-order valence-electron chi connectivity index (χ4n) is 3.31. The van der Waals surface area contributed by atoms with E-state index in [1.807, 2.05) is 12.1 Å². The molecule has 0 spiro atoms. The summed E-state index contributed by atoms with van der Waals surface area (Å²) in [5.74, 6) is 0. The number of hydrogen-bond donors (Lipinski definition) is 1. The lowest BCUT2D eigenvalue weighted by Gasteiger charge is -2.38. The molecule has 22 heavy (non-hydrogen) atoms. The molecule has 116 valence electrons. The van der Waals surface area contributed by atoms with Gasteiger partial charge in [-0.3, -0.25) is 0 Å². The van der Waals surface area contributed by atoms with Crippen molar-refractivity contribution in [1.82, 2.24) is 5.32 Å². The van der Waals surface area contributed by atoms with Crippen LogP contribution in [0, 0.1) is 13.8 Å². The van der Waals surface area contributed by atoms with E-state index in [2.05, 4.69) is 54.4 Å². The van der Waals surface area contributed by atoms with Crippen molar-refractivity contribution < 1.29 is 0 Å². The summed E-state index contributed by atoms with van der Waals surface area (Å²) in [4.78, 5) is 2.44. The number of aryl methyl sites for hydroxylation is 2. The lowest BCUT2D eigenvalue weighted by molar-refractivity contribution is 0.452. The van der Waals surface area contributed by atoms with E-state index in [0.29, 0.717) is 6.04 Å². The fraction of sp³-hybridized carbons (Fsp3) is 0.368. The van der Waals surface area contributed by atoms with Crippen LogP contribution in [0.5, 0.6) is 0 Å². The van der Waals surface area contributed by atoms with Gasteiger partial charge in [-0.15, -0.1) is 0 Å². The van der Waals surface area contributed by atoms with Crippen molar-refractivity contribution in [2.45, 2.75) is 32.7 Å². The van der Waals surface area contributed by atoms with Crippen molar-refractivity contribution in [3.63, 3.8) is 0 Å². The van der Waals surface area contributed by atoms with Crippen molar-refractivity contribution in [3.05, 3.63) is 58.6 Å². The van der Waals surface area contributed by atoms with E-state index in [1.54, 1.807) is 0 Å². The smallest absolute Gasteiger partial charge is 0.0643 e. The molecule has 1 aliphatic heterocycles. The number of nitrogens with zero attached hydrogens (tertiary/aromatic N) is 1. The molecule has 1 N–H and O–H groups in total. The minimum atomic E-state index is 0.488. The summed E-state index contributed by atoms with van der Waals surface area (Å²) in [6, 6.07) is 15.3. The molecule has 3 rings (SSSR count). The van der Waals surface area contributed by atoms with E-state index in [9.17, 15) is 0 Å². The largest absolute Gasteiger partial charge is 0.337 e. The molecule has 0 unspecified atom stereocenters. The van der Waals surface area contributed by atoms with E-state index in [-0.39, 0.29) is 0 Å². The Labute approximate surface area is 138 Å². The maximum absolute atomic E-state index is 6.51. The molecule has 0 bridgehead atoms. The van der Waals surface area contributed by atoms with Crippen LogP contribution in [0.2, 0.25) is 5.02 Å². The Morgan fingerprint density at radius 1 is 1.00 bits per heavy atom. The zero-order valence-corrected chi connectivity index (χ0v) is 14.0. The molecule has 1 aliphatic rings. The zero-order valence-electron chi connectivity index (χ0n) is 13.3. The first-order valence-electron chi connectivity index (χ1n) is 7.98. The Kier molecular flexibility index (Phi) is 4.70. The van der Waals surface area contributed by atoms with Gasteiger partial charge in [-0.2, -0.15) is 0 Å². The maximum atomic E-state index is 6.51. The van der Waals surface area contributed by atoms with Gasteiger partial charge in [-0.25, -0.2) is 0 Å². The van der Waals surface area contributed by atoms with Gasteiger partial charge in [0.05, 0.1) is 10.7 Å². The molecular weight excluding hydrogens is 292 g/mol. The number of nitrogens with one attached hydrogen (secondary N) is 1. The number of rotatable bonds is 3. The van der Waals surface area contributed by atoms with E-state index in [0.717, 1.165) is 36.6 Å². The molecule has 3 heteroatoms. The molecule has 0 aromatic heterocycles. The summed E-state index contributed by atoms with van der Waals surface area (Å²) in [5.41, 5.74) is 4.98. The molecule has 0 amide bonds. The van der Waals surface area contributed by atoms with Gasteiger partial charge in [-0.1, -0.05) is 41.4 Å². The first-order valence-corrected chi connectivity index (χ1v) is 8.36. The Morgan fingerprint density at radius 3 is 2.41 bits per heavy atom. The third-order valence-corrected chi connectivity index (χ3v) is 4.72. The summed E-state index contributed by atoms with van der Waals surface area (Å²) < 4.78 is 0. The summed E-state index contributed by atoms with van der Waals surface area (Å²) >= 11 is 6.51. The summed E-state index contributed by atoms with van der Waals surface area (Å²) in [6.07, 6.45) is 2.27. The van der Waals surface area contributed by atoms with Gasteiger partial charge >= 0.3 is 0 Å². The van der Waals surface area contributed by atoms with Gasteiger partial charge < -0.3 is 10.2 Å². The predicted octanol–water partition coefficient (Wildman–Crippen LogP) is 4.85. The Bertz CT molecular complexity index is 648. The van der Waals surface area contributed by atoms with Crippen molar-refractivity contribution >= 4 is 23.0 Å². The van der Waals surface area contributed by atoms with E-state index < -0.39 is 0 Å². The second-order valence-corrected chi connectivity index (χ2v) is 6.50. The summed E-state index contributed by atoms with van der Waals surface area (Å²) in [5, 5.41) is 4.27. The average Bonchev–Trinajstić information content (AvgIpc) is 2.52. The molecule has 2 nitrogen and oxygen atoms in total. The van der Waals surface area contributed by atoms with Crippen LogP contribution in [-0.2, 0) is 0 Å². The van der Waals surface area contributed by atoms with Crippen LogP contribution >= 0.6 is 11.6 Å². The maximum Gasteiger partial charge on any atom is 0.0643 e. The first-order chi connectivity index (χ1) is 10.7. The van der Waals surface area contributed by atoms with Crippen LogP contribution < -0.4 is 10.2 Å². The van der Waals surface area contributed by atoms with Gasteiger partial charge in [0.1, 0.15) is 0 Å². The fourth-order valence-corrected chi connectivity index (χ4v) is 3.54. The highest BCUT2D eigenvalue weighted by Gasteiger charge is 2.25. The molecule has 2 aromatic rings. The van der Waals surface area contributed by atoms with Gasteiger partial charge in [-0.05, 0) is 63.5 Å². The van der Waals surface area contributed by atoms with E-state index in [4.69, 9.17) is 11.6 Å². The van der Waals surface area contributed by atoms with Crippen LogP contribution in [0.25, 0.3) is 0 Å². The molecule has 0 aliphatic carbocycles. The minimum absolute atomic E-state index is 0.488. The van der Waals surface area contributed by atoms with Gasteiger partial charge in [0.25, 0.3) is 0 Å². The highest BCUT2D eigenvalue weighted by molar-refractivity contribution is 6.33. The van der Waals surface area contributed by atoms with Crippen LogP contribution in [-0.4, -0.2) is 19.1 Å². The lowest BCUT2D eigenvalue weighted by Crippen LogP contribution is -2.41. The van der Waals surface area contributed by atoms with Gasteiger partial charge in [0, 0.05) is 11.7 Å². The summed E-state index contributed by atoms with van der Waals surface area (Å²) in [6.45, 7) is 6.46. The topological polar surface area (TPSA) is 15.3 Å². The van der Waals surface area contributed by atoms with Crippen LogP contribution in [0.15, 0.2) is 42.5 Å². The van der Waals surface area contributed by atoms with Crippen LogP contribution in [0.4, 0.5) is 11.4 Å². The number of benzene rings is 2. The molecule has 0 atom stereocenters. The monoisotopic (exact) mass is 314 g/mol. The third kappa shape index (κ3) is 3.13. The van der Waals surface area contributed by atoms with Crippen molar-refractivity contribution in [2.24, 2.45) is 0 Å². The second-order valence-electron chi connectivity index (χ2n) is 6.09. The predicted molar refractivity (Wildman–Crippen MR) is 95.4 cm³/mol. The van der Waals surface area contributed by atoms with E-state index in [1.165, 1.54) is 16.8 Å². The first kappa shape index (κ1) is 15.4. The standard InChI is InChI=1S/C19H23ClN2/c1-14-7-8-18(15(2)13-14)22(16-9-11-21-12-10-16)19-6-4-3-5-17(19)20/h3-8,13,16,21H,9-12H2,1-2H3. The van der Waals surface area contributed by atoms with Crippen molar-refractivity contribution in [1.29, 1.82) is 0 Å². The Morgan fingerprint density at radius 2 is 1.73 bits per heavy atom. The van der Waals surface area contributed by atoms with Gasteiger partial charge in [0.15, 0.2) is 0 Å². The quantitative estimate of drug-likeness (QED) is 0.871.